The third-order valence-corrected chi connectivity index (χ3v) is 4.17. The monoisotopic (exact) mass is 436 g/mol. The average molecular weight is 437 g/mol. The van der Waals surface area contributed by atoms with Crippen molar-refractivity contribution in [2.24, 2.45) is 0 Å². The number of carbonyl (C=O) groups excluding carboxylic acids is 1. The zero-order valence-electron chi connectivity index (χ0n) is 11.0. The molecule has 0 spiro atoms. The summed E-state index contributed by atoms with van der Waals surface area (Å²) in [4.78, 5) is 11.2. The molecule has 2 rings (SSSR count). The van der Waals surface area contributed by atoms with Crippen molar-refractivity contribution in [1.82, 2.24) is 0 Å². The standard InChI is InChI=1S/C15H11Cl2IO3/c1-20-13-7-10(15(17)19)6-12(18)14(13)21-8-9-4-2-3-5-11(9)16/h2-7H,8H2,1H3. The summed E-state index contributed by atoms with van der Waals surface area (Å²) < 4.78 is 11.8. The molecule has 0 saturated carbocycles. The smallest absolute Gasteiger partial charge is 0.252 e. The minimum atomic E-state index is -0.538. The maximum absolute atomic E-state index is 11.2. The Balaban J connectivity index is 2.28. The molecule has 6 heteroatoms. The van der Waals surface area contributed by atoms with Crippen LogP contribution in [0.25, 0.3) is 0 Å². The fourth-order valence-corrected chi connectivity index (χ4v) is 2.80. The van der Waals surface area contributed by atoms with E-state index in [0.717, 1.165) is 9.13 Å². The van der Waals surface area contributed by atoms with Gasteiger partial charge in [0.2, 0.25) is 0 Å². The Bertz CT molecular complexity index is 674. The van der Waals surface area contributed by atoms with Gasteiger partial charge in [-0.25, -0.2) is 0 Å². The predicted molar refractivity (Wildman–Crippen MR) is 91.7 cm³/mol. The summed E-state index contributed by atoms with van der Waals surface area (Å²) in [6, 6.07) is 10.6. The number of carbonyl (C=O) groups is 1. The minimum Gasteiger partial charge on any atom is -0.493 e. The molecule has 0 aromatic heterocycles. The molecule has 3 nitrogen and oxygen atoms in total. The summed E-state index contributed by atoms with van der Waals surface area (Å²) >= 11 is 13.7. The molecule has 0 aliphatic rings. The normalized spacial score (nSPS) is 10.3. The van der Waals surface area contributed by atoms with Gasteiger partial charge in [0, 0.05) is 16.1 Å². The fraction of sp³-hybridized carbons (Fsp3) is 0.133. The van der Waals surface area contributed by atoms with Gasteiger partial charge < -0.3 is 9.47 Å². The van der Waals surface area contributed by atoms with Crippen LogP contribution in [0.1, 0.15) is 15.9 Å². The molecule has 0 bridgehead atoms. The van der Waals surface area contributed by atoms with Crippen molar-refractivity contribution in [3.05, 3.63) is 56.1 Å². The Morgan fingerprint density at radius 1 is 1.29 bits per heavy atom. The highest BCUT2D eigenvalue weighted by Gasteiger charge is 2.15. The molecule has 0 unspecified atom stereocenters. The summed E-state index contributed by atoms with van der Waals surface area (Å²) in [5.41, 5.74) is 1.23. The predicted octanol–water partition coefficient (Wildman–Crippen LogP) is 4.91. The van der Waals surface area contributed by atoms with Crippen molar-refractivity contribution >= 4 is 51.0 Å². The summed E-state index contributed by atoms with van der Waals surface area (Å²) in [5.74, 6) is 1.01. The molecule has 0 aliphatic carbocycles. The number of rotatable bonds is 5. The number of ether oxygens (including phenoxy) is 2. The molecule has 21 heavy (non-hydrogen) atoms. The Hall–Kier alpha value is -0.980. The van der Waals surface area contributed by atoms with Crippen LogP contribution in [0.15, 0.2) is 36.4 Å². The Morgan fingerprint density at radius 2 is 2.00 bits per heavy atom. The van der Waals surface area contributed by atoms with Crippen LogP contribution in [0, 0.1) is 3.57 Å². The van der Waals surface area contributed by atoms with Crippen molar-refractivity contribution < 1.29 is 14.3 Å². The molecular formula is C15H11Cl2IO3. The number of halogens is 3. The van der Waals surface area contributed by atoms with Crippen molar-refractivity contribution in [2.75, 3.05) is 7.11 Å². The molecule has 0 aliphatic heterocycles. The zero-order chi connectivity index (χ0) is 15.4. The van der Waals surface area contributed by atoms with Gasteiger partial charge in [0.25, 0.3) is 5.24 Å². The first-order valence-electron chi connectivity index (χ1n) is 5.96. The summed E-state index contributed by atoms with van der Waals surface area (Å²) in [7, 11) is 1.51. The number of hydrogen-bond donors (Lipinski definition) is 0. The van der Waals surface area contributed by atoms with Gasteiger partial charge in [-0.3, -0.25) is 4.79 Å². The molecule has 0 saturated heterocycles. The zero-order valence-corrected chi connectivity index (χ0v) is 14.7. The first kappa shape index (κ1) is 16.4. The second kappa shape index (κ2) is 7.33. The largest absolute Gasteiger partial charge is 0.493 e. The Kier molecular flexibility index (Phi) is 5.72. The van der Waals surface area contributed by atoms with E-state index in [1.807, 2.05) is 18.2 Å². The lowest BCUT2D eigenvalue weighted by molar-refractivity contribution is 0.108. The maximum Gasteiger partial charge on any atom is 0.252 e. The topological polar surface area (TPSA) is 35.5 Å². The highest BCUT2D eigenvalue weighted by molar-refractivity contribution is 14.1. The van der Waals surface area contributed by atoms with E-state index in [-0.39, 0.29) is 0 Å². The molecule has 2 aromatic carbocycles. The van der Waals surface area contributed by atoms with Crippen LogP contribution < -0.4 is 9.47 Å². The first-order chi connectivity index (χ1) is 10.0. The summed E-state index contributed by atoms with van der Waals surface area (Å²) in [6.07, 6.45) is 0. The molecule has 2 aromatic rings. The second-order valence-electron chi connectivity index (χ2n) is 4.14. The number of methoxy groups -OCH3 is 1. The summed E-state index contributed by atoms with van der Waals surface area (Å²) in [5, 5.41) is 0.0999. The van der Waals surface area contributed by atoms with E-state index in [9.17, 15) is 4.79 Å². The summed E-state index contributed by atoms with van der Waals surface area (Å²) in [6.45, 7) is 0.306. The van der Waals surface area contributed by atoms with Crippen LogP contribution in [-0.4, -0.2) is 12.4 Å². The second-order valence-corrected chi connectivity index (χ2v) is 6.06. The average Bonchev–Trinajstić information content (AvgIpc) is 2.46. The third-order valence-electron chi connectivity index (χ3n) is 2.79. The molecule has 110 valence electrons. The van der Waals surface area contributed by atoms with Crippen molar-refractivity contribution in [3.8, 4) is 11.5 Å². The van der Waals surface area contributed by atoms with Crippen LogP contribution in [0.5, 0.6) is 11.5 Å². The van der Waals surface area contributed by atoms with Gasteiger partial charge in [-0.2, -0.15) is 0 Å². The Labute approximate surface area is 146 Å². The van der Waals surface area contributed by atoms with Gasteiger partial charge in [0.15, 0.2) is 11.5 Å². The fourth-order valence-electron chi connectivity index (χ4n) is 1.74. The van der Waals surface area contributed by atoms with Crippen LogP contribution in [0.2, 0.25) is 5.02 Å². The van der Waals surface area contributed by atoms with Crippen LogP contribution >= 0.6 is 45.8 Å². The lowest BCUT2D eigenvalue weighted by Gasteiger charge is -2.14. The van der Waals surface area contributed by atoms with E-state index in [2.05, 4.69) is 22.6 Å². The van der Waals surface area contributed by atoms with E-state index in [4.69, 9.17) is 32.7 Å². The van der Waals surface area contributed by atoms with Gasteiger partial charge in [-0.15, -0.1) is 0 Å². The Morgan fingerprint density at radius 3 is 2.62 bits per heavy atom. The maximum atomic E-state index is 11.2. The van der Waals surface area contributed by atoms with Gasteiger partial charge >= 0.3 is 0 Å². The van der Waals surface area contributed by atoms with Crippen molar-refractivity contribution in [3.63, 3.8) is 0 Å². The highest BCUT2D eigenvalue weighted by atomic mass is 127. The molecule has 0 radical (unpaired) electrons. The van der Waals surface area contributed by atoms with E-state index >= 15 is 0 Å². The molecule has 0 atom stereocenters. The molecule has 0 heterocycles. The van der Waals surface area contributed by atoms with Gasteiger partial charge in [0.05, 0.1) is 10.7 Å². The van der Waals surface area contributed by atoms with Gasteiger partial charge in [-0.05, 0) is 52.4 Å². The number of hydrogen-bond acceptors (Lipinski definition) is 3. The first-order valence-corrected chi connectivity index (χ1v) is 7.80. The number of benzene rings is 2. The van der Waals surface area contributed by atoms with E-state index < -0.39 is 5.24 Å². The van der Waals surface area contributed by atoms with Crippen LogP contribution in [0.3, 0.4) is 0 Å². The quantitative estimate of drug-likeness (QED) is 0.493. The van der Waals surface area contributed by atoms with Crippen LogP contribution in [0.4, 0.5) is 0 Å². The highest BCUT2D eigenvalue weighted by Crippen LogP contribution is 2.35. The SMILES string of the molecule is COc1cc(C(=O)Cl)cc(I)c1OCc1ccccc1Cl. The van der Waals surface area contributed by atoms with Crippen molar-refractivity contribution in [2.45, 2.75) is 6.61 Å². The third kappa shape index (κ3) is 4.02. The minimum absolute atomic E-state index is 0.306. The van der Waals surface area contributed by atoms with E-state index in [1.54, 1.807) is 18.2 Å². The molecular weight excluding hydrogens is 426 g/mol. The van der Waals surface area contributed by atoms with Crippen molar-refractivity contribution in [1.29, 1.82) is 0 Å². The van der Waals surface area contributed by atoms with E-state index in [0.29, 0.717) is 28.7 Å². The lowest BCUT2D eigenvalue weighted by atomic mass is 10.2. The molecule has 0 fully saturated rings. The lowest BCUT2D eigenvalue weighted by Crippen LogP contribution is -2.02. The van der Waals surface area contributed by atoms with E-state index in [1.165, 1.54) is 7.11 Å². The van der Waals surface area contributed by atoms with Gasteiger partial charge in [-0.1, -0.05) is 29.8 Å². The molecule has 0 N–H and O–H groups in total. The molecule has 0 amide bonds. The van der Waals surface area contributed by atoms with Gasteiger partial charge in [0.1, 0.15) is 6.61 Å². The van der Waals surface area contributed by atoms with Crippen LogP contribution in [-0.2, 0) is 6.61 Å².